The summed E-state index contributed by atoms with van der Waals surface area (Å²) >= 11 is 0. The largest absolute Gasteiger partial charge is 0.345 e. The second-order valence-corrected chi connectivity index (χ2v) is 5.41. The molecule has 0 spiro atoms. The van der Waals surface area contributed by atoms with Crippen LogP contribution in [0.5, 0.6) is 0 Å². The first-order valence-electron chi connectivity index (χ1n) is 6.73. The fourth-order valence-corrected chi connectivity index (χ4v) is 3.04. The van der Waals surface area contributed by atoms with Crippen LogP contribution >= 0.6 is 0 Å². The smallest absolute Gasteiger partial charge is 0.226 e. The van der Waals surface area contributed by atoms with Gasteiger partial charge in [0.25, 0.3) is 0 Å². The van der Waals surface area contributed by atoms with Gasteiger partial charge in [-0.15, -0.1) is 0 Å². The van der Waals surface area contributed by atoms with Crippen molar-refractivity contribution in [3.63, 3.8) is 0 Å². The van der Waals surface area contributed by atoms with E-state index in [1.807, 2.05) is 11.9 Å². The van der Waals surface area contributed by atoms with Crippen molar-refractivity contribution in [3.8, 4) is 0 Å². The van der Waals surface area contributed by atoms with Crippen molar-refractivity contribution in [3.05, 3.63) is 0 Å². The molecule has 2 rings (SSSR count). The predicted molar refractivity (Wildman–Crippen MR) is 65.2 cm³/mol. The molecule has 16 heavy (non-hydrogen) atoms. The van der Waals surface area contributed by atoms with Crippen LogP contribution in [0.15, 0.2) is 0 Å². The van der Waals surface area contributed by atoms with Crippen molar-refractivity contribution in [1.82, 2.24) is 10.2 Å². The van der Waals surface area contributed by atoms with Crippen LogP contribution in [0.2, 0.25) is 0 Å². The molecule has 1 heterocycles. The number of rotatable bonds is 3. The summed E-state index contributed by atoms with van der Waals surface area (Å²) in [6, 6.07) is 0. The first kappa shape index (κ1) is 11.9. The maximum absolute atomic E-state index is 12.2. The molecule has 1 amide bonds. The molecular formula is C13H24N2O. The zero-order valence-electron chi connectivity index (χ0n) is 10.4. The van der Waals surface area contributed by atoms with Gasteiger partial charge >= 0.3 is 0 Å². The van der Waals surface area contributed by atoms with Gasteiger partial charge in [-0.05, 0) is 38.1 Å². The first-order chi connectivity index (χ1) is 7.77. The van der Waals surface area contributed by atoms with Crippen LogP contribution in [0.25, 0.3) is 0 Å². The molecule has 1 saturated carbocycles. The molecule has 1 aliphatic carbocycles. The molecule has 0 bridgehead atoms. The summed E-state index contributed by atoms with van der Waals surface area (Å²) in [7, 11) is 1.98. The van der Waals surface area contributed by atoms with E-state index < -0.39 is 0 Å². The van der Waals surface area contributed by atoms with Crippen LogP contribution in [-0.4, -0.2) is 37.5 Å². The quantitative estimate of drug-likeness (QED) is 0.790. The molecule has 1 saturated heterocycles. The highest BCUT2D eigenvalue weighted by Gasteiger charge is 2.26. The second kappa shape index (κ2) is 5.67. The Balaban J connectivity index is 1.78. The van der Waals surface area contributed by atoms with E-state index in [0.717, 1.165) is 38.4 Å². The lowest BCUT2D eigenvalue weighted by atomic mass is 9.97. The van der Waals surface area contributed by atoms with Crippen LogP contribution in [0.4, 0.5) is 0 Å². The van der Waals surface area contributed by atoms with E-state index in [-0.39, 0.29) is 5.92 Å². The number of hydrogen-bond donors (Lipinski definition) is 1. The summed E-state index contributed by atoms with van der Waals surface area (Å²) in [6.07, 6.45) is 7.57. The van der Waals surface area contributed by atoms with Crippen molar-refractivity contribution in [2.24, 2.45) is 11.8 Å². The Labute approximate surface area is 98.6 Å². The number of amides is 1. The van der Waals surface area contributed by atoms with Crippen LogP contribution in [0, 0.1) is 11.8 Å². The summed E-state index contributed by atoms with van der Waals surface area (Å²) in [6.45, 7) is 2.94. The molecule has 3 heteroatoms. The maximum atomic E-state index is 12.2. The minimum Gasteiger partial charge on any atom is -0.345 e. The van der Waals surface area contributed by atoms with E-state index in [0.29, 0.717) is 5.91 Å². The van der Waals surface area contributed by atoms with Gasteiger partial charge in [0.05, 0.1) is 5.92 Å². The van der Waals surface area contributed by atoms with Gasteiger partial charge in [0, 0.05) is 20.1 Å². The molecule has 0 unspecified atom stereocenters. The topological polar surface area (TPSA) is 32.3 Å². The summed E-state index contributed by atoms with van der Waals surface area (Å²) in [5, 5.41) is 3.32. The number of nitrogens with zero attached hydrogens (tertiary/aromatic N) is 1. The van der Waals surface area contributed by atoms with E-state index in [9.17, 15) is 4.79 Å². The highest BCUT2D eigenvalue weighted by molar-refractivity contribution is 5.78. The molecule has 0 aromatic heterocycles. The van der Waals surface area contributed by atoms with Gasteiger partial charge in [0.1, 0.15) is 0 Å². The lowest BCUT2D eigenvalue weighted by molar-refractivity contribution is -0.135. The Morgan fingerprint density at radius 3 is 2.62 bits per heavy atom. The Kier molecular flexibility index (Phi) is 4.22. The van der Waals surface area contributed by atoms with E-state index >= 15 is 0 Å². The van der Waals surface area contributed by atoms with E-state index in [1.54, 1.807) is 0 Å². The van der Waals surface area contributed by atoms with E-state index in [2.05, 4.69) is 5.32 Å². The normalized spacial score (nSPS) is 26.9. The van der Waals surface area contributed by atoms with Crippen LogP contribution in [0.3, 0.4) is 0 Å². The highest BCUT2D eigenvalue weighted by Crippen LogP contribution is 2.25. The molecule has 0 radical (unpaired) electrons. The van der Waals surface area contributed by atoms with Gasteiger partial charge in [0.2, 0.25) is 5.91 Å². The number of carbonyl (C=O) groups excluding carboxylic acids is 1. The van der Waals surface area contributed by atoms with E-state index in [1.165, 1.54) is 25.7 Å². The molecule has 1 aliphatic heterocycles. The van der Waals surface area contributed by atoms with Gasteiger partial charge in [-0.1, -0.05) is 12.8 Å². The minimum absolute atomic E-state index is 0.236. The molecule has 2 fully saturated rings. The summed E-state index contributed by atoms with van der Waals surface area (Å²) in [4.78, 5) is 14.2. The standard InChI is InChI=1S/C13H24N2O/c1-15(10-11-5-2-3-6-11)13(16)12-7-4-8-14-9-12/h11-12,14H,2-10H2,1H3/t12-/m0/s1. The molecule has 2 aliphatic rings. The van der Waals surface area contributed by atoms with Gasteiger partial charge in [-0.25, -0.2) is 0 Å². The monoisotopic (exact) mass is 224 g/mol. The Morgan fingerprint density at radius 1 is 1.25 bits per heavy atom. The van der Waals surface area contributed by atoms with Crippen molar-refractivity contribution >= 4 is 5.91 Å². The van der Waals surface area contributed by atoms with Gasteiger partial charge in [-0.3, -0.25) is 4.79 Å². The average molecular weight is 224 g/mol. The zero-order valence-corrected chi connectivity index (χ0v) is 10.4. The molecular weight excluding hydrogens is 200 g/mol. The molecule has 1 atom stereocenters. The Morgan fingerprint density at radius 2 is 2.00 bits per heavy atom. The summed E-state index contributed by atoms with van der Waals surface area (Å²) in [5.74, 6) is 1.37. The van der Waals surface area contributed by atoms with Crippen LogP contribution < -0.4 is 5.32 Å². The van der Waals surface area contributed by atoms with Crippen molar-refractivity contribution in [1.29, 1.82) is 0 Å². The molecule has 0 aromatic carbocycles. The SMILES string of the molecule is CN(CC1CCCC1)C(=O)[C@H]1CCCNC1. The van der Waals surface area contributed by atoms with Gasteiger partial charge in [-0.2, -0.15) is 0 Å². The lowest BCUT2D eigenvalue weighted by Crippen LogP contribution is -2.42. The number of carbonyl (C=O) groups is 1. The first-order valence-corrected chi connectivity index (χ1v) is 6.73. The molecule has 1 N–H and O–H groups in total. The fraction of sp³-hybridized carbons (Fsp3) is 0.923. The molecule has 0 aromatic rings. The third-order valence-corrected chi connectivity index (χ3v) is 4.03. The second-order valence-electron chi connectivity index (χ2n) is 5.41. The Hall–Kier alpha value is -0.570. The number of nitrogens with one attached hydrogen (secondary N) is 1. The lowest BCUT2D eigenvalue weighted by Gasteiger charge is -2.28. The molecule has 92 valence electrons. The minimum atomic E-state index is 0.236. The number of hydrogen-bond acceptors (Lipinski definition) is 2. The average Bonchev–Trinajstić information content (AvgIpc) is 2.82. The third kappa shape index (κ3) is 2.97. The Bertz CT molecular complexity index is 230. The summed E-state index contributed by atoms with van der Waals surface area (Å²) < 4.78 is 0. The predicted octanol–water partition coefficient (Wildman–Crippen LogP) is 1.63. The highest BCUT2D eigenvalue weighted by atomic mass is 16.2. The van der Waals surface area contributed by atoms with Crippen molar-refractivity contribution in [2.75, 3.05) is 26.7 Å². The van der Waals surface area contributed by atoms with E-state index in [4.69, 9.17) is 0 Å². The van der Waals surface area contributed by atoms with Gasteiger partial charge < -0.3 is 10.2 Å². The number of piperidine rings is 1. The summed E-state index contributed by atoms with van der Waals surface area (Å²) in [5.41, 5.74) is 0. The third-order valence-electron chi connectivity index (χ3n) is 4.03. The maximum Gasteiger partial charge on any atom is 0.226 e. The van der Waals surface area contributed by atoms with Crippen LogP contribution in [-0.2, 0) is 4.79 Å². The zero-order chi connectivity index (χ0) is 11.4. The van der Waals surface area contributed by atoms with Crippen molar-refractivity contribution < 1.29 is 4.79 Å². The van der Waals surface area contributed by atoms with Crippen molar-refractivity contribution in [2.45, 2.75) is 38.5 Å². The fourth-order valence-electron chi connectivity index (χ4n) is 3.04. The van der Waals surface area contributed by atoms with Gasteiger partial charge in [0.15, 0.2) is 0 Å². The van der Waals surface area contributed by atoms with Crippen LogP contribution in [0.1, 0.15) is 38.5 Å². The molecule has 3 nitrogen and oxygen atoms in total.